The summed E-state index contributed by atoms with van der Waals surface area (Å²) in [5, 5.41) is 8.68. The summed E-state index contributed by atoms with van der Waals surface area (Å²) in [6.07, 6.45) is 3.89. The predicted octanol–water partition coefficient (Wildman–Crippen LogP) is 0.127. The van der Waals surface area contributed by atoms with Gasteiger partial charge in [-0.05, 0) is 6.42 Å². The van der Waals surface area contributed by atoms with Gasteiger partial charge in [0.15, 0.2) is 0 Å². The van der Waals surface area contributed by atoms with Gasteiger partial charge in [0, 0.05) is 6.54 Å². The number of carbonyl (C=O) groups is 1. The van der Waals surface area contributed by atoms with Gasteiger partial charge in [-0.1, -0.05) is 6.08 Å². The summed E-state index contributed by atoms with van der Waals surface area (Å²) in [5.41, 5.74) is 0. The van der Waals surface area contributed by atoms with Crippen molar-refractivity contribution in [2.75, 3.05) is 19.8 Å². The van der Waals surface area contributed by atoms with Crippen molar-refractivity contribution in [1.82, 2.24) is 20.5 Å². The Morgan fingerprint density at radius 3 is 3.20 bits per heavy atom. The van der Waals surface area contributed by atoms with E-state index in [0.29, 0.717) is 19.8 Å². The summed E-state index contributed by atoms with van der Waals surface area (Å²) in [6, 6.07) is 0. The highest BCUT2D eigenvalue weighted by atomic mass is 16.5. The number of ether oxygens (including phenoxy) is 1. The summed E-state index contributed by atoms with van der Waals surface area (Å²) < 4.78 is 5.21. The van der Waals surface area contributed by atoms with Gasteiger partial charge in [-0.2, -0.15) is 5.10 Å². The monoisotopic (exact) mass is 210 g/mol. The molecule has 0 aliphatic rings. The molecular formula is C9H14N4O2. The van der Waals surface area contributed by atoms with Crippen molar-refractivity contribution in [3.63, 3.8) is 0 Å². The van der Waals surface area contributed by atoms with E-state index in [4.69, 9.17) is 4.74 Å². The fraction of sp³-hybridized carbons (Fsp3) is 0.444. The normalized spacial score (nSPS) is 9.87. The first-order valence-corrected chi connectivity index (χ1v) is 4.67. The number of carbonyl (C=O) groups excluding carboxylic acids is 1. The quantitative estimate of drug-likeness (QED) is 0.495. The van der Waals surface area contributed by atoms with Crippen LogP contribution in [0.2, 0.25) is 0 Å². The first kappa shape index (κ1) is 11.4. The molecule has 0 spiro atoms. The zero-order chi connectivity index (χ0) is 10.9. The maximum atomic E-state index is 11.3. The molecule has 2 N–H and O–H groups in total. The van der Waals surface area contributed by atoms with Crippen LogP contribution >= 0.6 is 0 Å². The Kier molecular flexibility index (Phi) is 5.10. The van der Waals surface area contributed by atoms with E-state index in [9.17, 15) is 4.79 Å². The molecule has 82 valence electrons. The molecule has 6 nitrogen and oxygen atoms in total. The maximum Gasteiger partial charge on any atom is 0.288 e. The Hall–Kier alpha value is -1.69. The molecule has 0 atom stereocenters. The van der Waals surface area contributed by atoms with Crippen molar-refractivity contribution < 1.29 is 9.53 Å². The third-order valence-corrected chi connectivity index (χ3v) is 1.63. The molecule has 0 unspecified atom stereocenters. The Balaban J connectivity index is 2.05. The Morgan fingerprint density at radius 2 is 2.53 bits per heavy atom. The first-order chi connectivity index (χ1) is 7.34. The van der Waals surface area contributed by atoms with E-state index in [1.807, 2.05) is 0 Å². The van der Waals surface area contributed by atoms with Crippen LogP contribution in [0.4, 0.5) is 0 Å². The molecule has 0 bridgehead atoms. The van der Waals surface area contributed by atoms with Gasteiger partial charge in [0.2, 0.25) is 5.82 Å². The van der Waals surface area contributed by atoms with Crippen LogP contribution in [-0.4, -0.2) is 40.8 Å². The molecule has 1 heterocycles. The van der Waals surface area contributed by atoms with Crippen molar-refractivity contribution in [3.8, 4) is 0 Å². The van der Waals surface area contributed by atoms with Gasteiger partial charge in [0.05, 0.1) is 13.2 Å². The lowest BCUT2D eigenvalue weighted by Crippen LogP contribution is -2.28. The van der Waals surface area contributed by atoms with E-state index in [1.54, 1.807) is 6.08 Å². The van der Waals surface area contributed by atoms with Crippen molar-refractivity contribution in [2.45, 2.75) is 6.42 Å². The van der Waals surface area contributed by atoms with Crippen LogP contribution in [0.15, 0.2) is 19.0 Å². The standard InChI is InChI=1S/C9H14N4O2/c1-2-3-5-15-6-4-10-9(14)8-11-7-12-13-8/h2,7H,1,3-6H2,(H,10,14)(H,11,12,13). The van der Waals surface area contributed by atoms with E-state index in [2.05, 4.69) is 27.1 Å². The molecule has 0 aromatic carbocycles. The fourth-order valence-electron chi connectivity index (χ4n) is 0.904. The maximum absolute atomic E-state index is 11.3. The molecular weight excluding hydrogens is 196 g/mol. The number of hydrogen-bond donors (Lipinski definition) is 2. The number of aromatic amines is 1. The molecule has 0 aliphatic carbocycles. The molecule has 6 heteroatoms. The molecule has 0 saturated heterocycles. The lowest BCUT2D eigenvalue weighted by atomic mass is 10.4. The number of nitrogens with zero attached hydrogens (tertiary/aromatic N) is 2. The molecule has 1 aromatic heterocycles. The van der Waals surface area contributed by atoms with Crippen LogP contribution in [0, 0.1) is 0 Å². The number of H-pyrrole nitrogens is 1. The van der Waals surface area contributed by atoms with Crippen molar-refractivity contribution >= 4 is 5.91 Å². The molecule has 1 amide bonds. The van der Waals surface area contributed by atoms with Gasteiger partial charge in [0.1, 0.15) is 6.33 Å². The van der Waals surface area contributed by atoms with E-state index in [-0.39, 0.29) is 11.7 Å². The second kappa shape index (κ2) is 6.72. The second-order valence-electron chi connectivity index (χ2n) is 2.78. The molecule has 1 aromatic rings. The summed E-state index contributed by atoms with van der Waals surface area (Å²) >= 11 is 0. The zero-order valence-corrected chi connectivity index (χ0v) is 8.40. The van der Waals surface area contributed by atoms with E-state index >= 15 is 0 Å². The first-order valence-electron chi connectivity index (χ1n) is 4.67. The zero-order valence-electron chi connectivity index (χ0n) is 8.40. The number of amides is 1. The van der Waals surface area contributed by atoms with E-state index < -0.39 is 0 Å². The minimum atomic E-state index is -0.278. The summed E-state index contributed by atoms with van der Waals surface area (Å²) in [4.78, 5) is 15.0. The van der Waals surface area contributed by atoms with Gasteiger partial charge in [0.25, 0.3) is 5.91 Å². The van der Waals surface area contributed by atoms with Crippen LogP contribution in [0.3, 0.4) is 0 Å². The van der Waals surface area contributed by atoms with E-state index in [1.165, 1.54) is 6.33 Å². The van der Waals surface area contributed by atoms with Crippen LogP contribution in [0.5, 0.6) is 0 Å². The number of aromatic nitrogens is 3. The second-order valence-corrected chi connectivity index (χ2v) is 2.78. The number of rotatable bonds is 7. The highest BCUT2D eigenvalue weighted by molar-refractivity contribution is 5.90. The molecule has 0 saturated carbocycles. The van der Waals surface area contributed by atoms with Gasteiger partial charge < -0.3 is 10.1 Å². The molecule has 0 radical (unpaired) electrons. The van der Waals surface area contributed by atoms with Gasteiger partial charge in [-0.15, -0.1) is 6.58 Å². The molecule has 0 aliphatic heterocycles. The van der Waals surface area contributed by atoms with Crippen LogP contribution < -0.4 is 5.32 Å². The Bertz CT molecular complexity index is 297. The minimum absolute atomic E-state index is 0.209. The number of nitrogens with one attached hydrogen (secondary N) is 2. The third-order valence-electron chi connectivity index (χ3n) is 1.63. The lowest BCUT2D eigenvalue weighted by Gasteiger charge is -2.03. The minimum Gasteiger partial charge on any atom is -0.379 e. The van der Waals surface area contributed by atoms with Crippen molar-refractivity contribution in [3.05, 3.63) is 24.8 Å². The van der Waals surface area contributed by atoms with Crippen LogP contribution in [0.25, 0.3) is 0 Å². The average molecular weight is 210 g/mol. The largest absolute Gasteiger partial charge is 0.379 e. The summed E-state index contributed by atoms with van der Waals surface area (Å²) in [6.45, 7) is 5.13. The van der Waals surface area contributed by atoms with E-state index in [0.717, 1.165) is 6.42 Å². The Morgan fingerprint density at radius 1 is 1.67 bits per heavy atom. The van der Waals surface area contributed by atoms with Gasteiger partial charge >= 0.3 is 0 Å². The van der Waals surface area contributed by atoms with Gasteiger partial charge in [-0.25, -0.2) is 4.98 Å². The SMILES string of the molecule is C=CCCOCCNC(=O)c1ncn[nH]1. The van der Waals surface area contributed by atoms with Crippen molar-refractivity contribution in [1.29, 1.82) is 0 Å². The van der Waals surface area contributed by atoms with Crippen LogP contribution in [0.1, 0.15) is 17.0 Å². The summed E-state index contributed by atoms with van der Waals surface area (Å²) in [5.74, 6) is -0.0686. The smallest absolute Gasteiger partial charge is 0.288 e. The highest BCUT2D eigenvalue weighted by Gasteiger charge is 2.06. The third kappa shape index (κ3) is 4.37. The lowest BCUT2D eigenvalue weighted by molar-refractivity contribution is 0.0908. The molecule has 1 rings (SSSR count). The Labute approximate surface area is 87.7 Å². The average Bonchev–Trinajstić information content (AvgIpc) is 2.76. The fourth-order valence-corrected chi connectivity index (χ4v) is 0.904. The summed E-state index contributed by atoms with van der Waals surface area (Å²) in [7, 11) is 0. The van der Waals surface area contributed by atoms with Crippen LogP contribution in [-0.2, 0) is 4.74 Å². The highest BCUT2D eigenvalue weighted by Crippen LogP contribution is 1.85. The van der Waals surface area contributed by atoms with Gasteiger partial charge in [-0.3, -0.25) is 9.89 Å². The molecule has 15 heavy (non-hydrogen) atoms. The number of hydrogen-bond acceptors (Lipinski definition) is 4. The van der Waals surface area contributed by atoms with Crippen molar-refractivity contribution in [2.24, 2.45) is 0 Å². The topological polar surface area (TPSA) is 79.9 Å². The molecule has 0 fully saturated rings. The predicted molar refractivity (Wildman–Crippen MR) is 54.3 cm³/mol.